The van der Waals surface area contributed by atoms with Crippen LogP contribution in [0.5, 0.6) is 5.75 Å². The molecule has 1 aromatic heterocycles. The molecular formula is C24H31FN6O4S. The molecule has 0 aliphatic heterocycles. The molecule has 0 spiro atoms. The van der Waals surface area contributed by atoms with Crippen LogP contribution < -0.4 is 21.8 Å². The number of carbonyl (C=O) groups excluding carboxylic acids is 2. The predicted molar refractivity (Wildman–Crippen MR) is 137 cm³/mol. The number of aromatic amines is 1. The van der Waals surface area contributed by atoms with Crippen LogP contribution in [0.4, 0.5) is 4.39 Å². The molecule has 1 aliphatic rings. The molecule has 0 saturated heterocycles. The van der Waals surface area contributed by atoms with Crippen molar-refractivity contribution >= 4 is 28.6 Å². The summed E-state index contributed by atoms with van der Waals surface area (Å²) >= 11 is 0.918. The summed E-state index contributed by atoms with van der Waals surface area (Å²) < 4.78 is 13.1. The maximum absolute atomic E-state index is 13.3. The average molecular weight is 519 g/mol. The zero-order valence-corrected chi connectivity index (χ0v) is 21.2. The first-order valence-electron chi connectivity index (χ1n) is 11.5. The van der Waals surface area contributed by atoms with Crippen LogP contribution in [0.15, 0.2) is 35.3 Å². The number of hydrogen-bond donors (Lipinski definition) is 6. The Morgan fingerprint density at radius 1 is 1.33 bits per heavy atom. The lowest BCUT2D eigenvalue weighted by Crippen LogP contribution is -2.68. The van der Waals surface area contributed by atoms with Crippen LogP contribution in [0.25, 0.3) is 0 Å². The quantitative estimate of drug-likeness (QED) is 0.166. The van der Waals surface area contributed by atoms with E-state index in [1.54, 1.807) is 33.2 Å². The number of aromatic hydroxyl groups is 1. The van der Waals surface area contributed by atoms with Gasteiger partial charge >= 0.3 is 0 Å². The standard InChI is InChI=1S/C24H31FN6O4S/c1-4-31(24(29-3)10-14(11-24)22(34)28-2)23(35)18-20(33)19(32)16(12-30-18)21(27)36-17(26)9-13-5-7-15(25)8-6-13/h5-8,12,14,17,27,29,33H,4,9-11,26H2,1-3H3,(H,28,34)(H,30,32). The Labute approximate surface area is 212 Å². The maximum atomic E-state index is 13.3. The average Bonchev–Trinajstić information content (AvgIpc) is 2.83. The second-order valence-corrected chi connectivity index (χ2v) is 9.87. The van der Waals surface area contributed by atoms with Crippen LogP contribution in [-0.4, -0.2) is 63.5 Å². The van der Waals surface area contributed by atoms with Crippen molar-refractivity contribution in [3.05, 3.63) is 63.3 Å². The number of nitrogens with one attached hydrogen (secondary N) is 4. The molecule has 2 amide bonds. The number of pyridine rings is 1. The Bertz CT molecular complexity index is 1200. The van der Waals surface area contributed by atoms with Crippen molar-refractivity contribution in [2.75, 3.05) is 20.6 Å². The minimum Gasteiger partial charge on any atom is -0.503 e. The van der Waals surface area contributed by atoms with Crippen molar-refractivity contribution in [1.82, 2.24) is 20.5 Å². The first kappa shape index (κ1) is 27.4. The van der Waals surface area contributed by atoms with Gasteiger partial charge in [-0.3, -0.25) is 25.1 Å². The Hall–Kier alpha value is -3.22. The van der Waals surface area contributed by atoms with Crippen molar-refractivity contribution in [3.8, 4) is 5.75 Å². The lowest BCUT2D eigenvalue weighted by Gasteiger charge is -2.53. The first-order chi connectivity index (χ1) is 17.1. The molecule has 1 heterocycles. The van der Waals surface area contributed by atoms with E-state index in [1.165, 1.54) is 23.2 Å². The van der Waals surface area contributed by atoms with Crippen LogP contribution in [0.1, 0.15) is 41.4 Å². The summed E-state index contributed by atoms with van der Waals surface area (Å²) in [4.78, 5) is 42.3. The summed E-state index contributed by atoms with van der Waals surface area (Å²) in [6, 6.07) is 5.82. The molecule has 1 aromatic carbocycles. The number of carbonyl (C=O) groups is 2. The van der Waals surface area contributed by atoms with Gasteiger partial charge in [0, 0.05) is 25.7 Å². The molecule has 1 atom stereocenters. The lowest BCUT2D eigenvalue weighted by molar-refractivity contribution is -0.134. The highest BCUT2D eigenvalue weighted by atomic mass is 32.2. The summed E-state index contributed by atoms with van der Waals surface area (Å²) in [6.07, 6.45) is 2.32. The predicted octanol–water partition coefficient (Wildman–Crippen LogP) is 1.34. The van der Waals surface area contributed by atoms with E-state index in [4.69, 9.17) is 11.1 Å². The summed E-state index contributed by atoms with van der Waals surface area (Å²) in [7, 11) is 3.25. The molecule has 2 aromatic rings. The van der Waals surface area contributed by atoms with Crippen molar-refractivity contribution in [2.24, 2.45) is 11.7 Å². The summed E-state index contributed by atoms with van der Waals surface area (Å²) in [6.45, 7) is 2.04. The van der Waals surface area contributed by atoms with E-state index in [0.717, 1.165) is 17.3 Å². The third-order valence-electron chi connectivity index (χ3n) is 6.46. The second-order valence-electron chi connectivity index (χ2n) is 8.62. The van der Waals surface area contributed by atoms with Gasteiger partial charge in [0.2, 0.25) is 11.3 Å². The van der Waals surface area contributed by atoms with Gasteiger partial charge in [0.15, 0.2) is 11.4 Å². The van der Waals surface area contributed by atoms with Gasteiger partial charge in [0.25, 0.3) is 5.91 Å². The third kappa shape index (κ3) is 5.45. The number of hydrogen-bond acceptors (Lipinski definition) is 8. The maximum Gasteiger partial charge on any atom is 0.275 e. The fraction of sp³-hybridized carbons (Fsp3) is 0.417. The summed E-state index contributed by atoms with van der Waals surface area (Å²) in [5, 5.41) is 23.8. The zero-order valence-electron chi connectivity index (χ0n) is 20.4. The SMILES string of the molecule is CCN(C(=O)c1[nH]cc(C(=N)SC(N)Cc2ccc(F)cc2)c(=O)c1O)C1(NC)CC(C(=O)NC)C1. The molecule has 12 heteroatoms. The van der Waals surface area contributed by atoms with Crippen LogP contribution in [0.3, 0.4) is 0 Å². The largest absolute Gasteiger partial charge is 0.503 e. The number of benzene rings is 1. The molecule has 1 fully saturated rings. The summed E-state index contributed by atoms with van der Waals surface area (Å²) in [5.41, 5.74) is 4.79. The van der Waals surface area contributed by atoms with Gasteiger partial charge in [-0.25, -0.2) is 4.39 Å². The monoisotopic (exact) mass is 518 g/mol. The van der Waals surface area contributed by atoms with E-state index in [0.29, 0.717) is 19.3 Å². The zero-order chi connectivity index (χ0) is 26.6. The summed E-state index contributed by atoms with van der Waals surface area (Å²) in [5.74, 6) is -2.12. The highest BCUT2D eigenvalue weighted by molar-refractivity contribution is 8.14. The van der Waals surface area contributed by atoms with Crippen molar-refractivity contribution in [2.45, 2.75) is 37.2 Å². The fourth-order valence-corrected chi connectivity index (χ4v) is 5.30. The van der Waals surface area contributed by atoms with E-state index in [9.17, 15) is 23.9 Å². The molecule has 10 nitrogen and oxygen atoms in total. The molecule has 194 valence electrons. The molecule has 0 radical (unpaired) electrons. The van der Waals surface area contributed by atoms with Gasteiger partial charge in [-0.05, 0) is 50.9 Å². The minimum atomic E-state index is -0.866. The van der Waals surface area contributed by atoms with E-state index < -0.39 is 28.1 Å². The number of rotatable bonds is 9. The normalized spacial score (nSPS) is 19.8. The van der Waals surface area contributed by atoms with Crippen LogP contribution in [0, 0.1) is 17.1 Å². The Morgan fingerprint density at radius 3 is 2.53 bits per heavy atom. The van der Waals surface area contributed by atoms with Crippen molar-refractivity contribution < 1.29 is 19.1 Å². The van der Waals surface area contributed by atoms with Crippen molar-refractivity contribution in [3.63, 3.8) is 0 Å². The Kier molecular flexibility index (Phi) is 8.54. The van der Waals surface area contributed by atoms with Crippen LogP contribution >= 0.6 is 11.8 Å². The van der Waals surface area contributed by atoms with E-state index in [2.05, 4.69) is 15.6 Å². The Morgan fingerprint density at radius 2 is 1.97 bits per heavy atom. The Balaban J connectivity index is 1.76. The van der Waals surface area contributed by atoms with Gasteiger partial charge < -0.3 is 26.0 Å². The molecule has 7 N–H and O–H groups in total. The highest BCUT2D eigenvalue weighted by Gasteiger charge is 2.51. The van der Waals surface area contributed by atoms with Crippen LogP contribution in [-0.2, 0) is 11.2 Å². The van der Waals surface area contributed by atoms with Gasteiger partial charge in [-0.15, -0.1) is 0 Å². The number of thioether (sulfide) groups is 1. The number of amides is 2. The number of nitrogens with two attached hydrogens (primary N) is 1. The second kappa shape index (κ2) is 11.2. The van der Waals surface area contributed by atoms with E-state index >= 15 is 0 Å². The molecule has 0 bridgehead atoms. The molecular weight excluding hydrogens is 487 g/mol. The number of H-pyrrole nitrogens is 1. The molecule has 1 unspecified atom stereocenters. The molecule has 1 saturated carbocycles. The smallest absolute Gasteiger partial charge is 0.275 e. The number of aromatic nitrogens is 1. The van der Waals surface area contributed by atoms with Gasteiger partial charge in [0.05, 0.1) is 16.6 Å². The minimum absolute atomic E-state index is 0.112. The topological polar surface area (TPSA) is 164 Å². The number of nitrogens with zero attached hydrogens (tertiary/aromatic N) is 1. The lowest BCUT2D eigenvalue weighted by atomic mass is 9.72. The third-order valence-corrected chi connectivity index (χ3v) is 7.39. The number of halogens is 1. The van der Waals surface area contributed by atoms with Gasteiger partial charge in [-0.2, -0.15) is 0 Å². The fourth-order valence-electron chi connectivity index (χ4n) is 4.44. The van der Waals surface area contributed by atoms with E-state index in [1.807, 2.05) is 0 Å². The van der Waals surface area contributed by atoms with Gasteiger partial charge in [0.1, 0.15) is 10.9 Å². The molecule has 3 rings (SSSR count). The van der Waals surface area contributed by atoms with Gasteiger partial charge in [-0.1, -0.05) is 23.9 Å². The van der Waals surface area contributed by atoms with Crippen LogP contribution in [0.2, 0.25) is 0 Å². The van der Waals surface area contributed by atoms with E-state index in [-0.39, 0.29) is 40.5 Å². The molecule has 1 aliphatic carbocycles. The van der Waals surface area contributed by atoms with Crippen molar-refractivity contribution in [1.29, 1.82) is 5.41 Å². The highest BCUT2D eigenvalue weighted by Crippen LogP contribution is 2.41. The molecule has 36 heavy (non-hydrogen) atoms. The first-order valence-corrected chi connectivity index (χ1v) is 12.4.